The Labute approximate surface area is 112 Å². The number of hydrogen-bond acceptors (Lipinski definition) is 2. The Morgan fingerprint density at radius 2 is 2.22 bits per heavy atom. The molecule has 0 bridgehead atoms. The summed E-state index contributed by atoms with van der Waals surface area (Å²) in [7, 11) is 0. The van der Waals surface area contributed by atoms with Gasteiger partial charge < -0.3 is 9.88 Å². The fourth-order valence-corrected chi connectivity index (χ4v) is 2.84. The molecule has 1 unspecified atom stereocenters. The number of fused-ring (bicyclic) bond motifs is 1. The fourth-order valence-electron chi connectivity index (χ4n) is 2.49. The van der Waals surface area contributed by atoms with E-state index in [4.69, 9.17) is 0 Å². The molecule has 1 aliphatic heterocycles. The zero-order valence-corrected chi connectivity index (χ0v) is 11.0. The molecule has 2 aromatic rings. The van der Waals surface area contributed by atoms with Gasteiger partial charge in [-0.1, -0.05) is 18.2 Å². The summed E-state index contributed by atoms with van der Waals surface area (Å²) >= 11 is 4.36. The number of aromatic amines is 1. The highest BCUT2D eigenvalue weighted by atomic mass is 32.1. The largest absolute Gasteiger partial charge is 0.358 e. The van der Waals surface area contributed by atoms with Crippen molar-refractivity contribution in [2.45, 2.75) is 18.1 Å². The Morgan fingerprint density at radius 1 is 1.39 bits per heavy atom. The fraction of sp³-hybridized carbons (Fsp3) is 0.357. The summed E-state index contributed by atoms with van der Waals surface area (Å²) < 4.78 is 0. The highest BCUT2D eigenvalue weighted by Gasteiger charge is 2.26. The van der Waals surface area contributed by atoms with Crippen molar-refractivity contribution in [2.24, 2.45) is 0 Å². The van der Waals surface area contributed by atoms with Crippen LogP contribution in [0.15, 0.2) is 30.3 Å². The third-order valence-electron chi connectivity index (χ3n) is 3.43. The number of thiol groups is 1. The molecule has 1 saturated heterocycles. The van der Waals surface area contributed by atoms with Crippen LogP contribution in [-0.4, -0.2) is 34.1 Å². The minimum absolute atomic E-state index is 0.209. The highest BCUT2D eigenvalue weighted by molar-refractivity contribution is 7.81. The number of amides is 1. The van der Waals surface area contributed by atoms with Gasteiger partial charge in [0.2, 0.25) is 5.91 Å². The second-order valence-corrected chi connectivity index (χ2v) is 5.56. The van der Waals surface area contributed by atoms with E-state index >= 15 is 0 Å². The van der Waals surface area contributed by atoms with Crippen LogP contribution in [0.3, 0.4) is 0 Å². The van der Waals surface area contributed by atoms with Gasteiger partial charge in [-0.15, -0.1) is 0 Å². The van der Waals surface area contributed by atoms with E-state index in [1.165, 1.54) is 11.1 Å². The maximum atomic E-state index is 11.6. The summed E-state index contributed by atoms with van der Waals surface area (Å²) in [5.74, 6) is 0.228. The van der Waals surface area contributed by atoms with E-state index in [0.29, 0.717) is 6.42 Å². The number of aromatic nitrogens is 1. The first-order valence-corrected chi connectivity index (χ1v) is 6.76. The van der Waals surface area contributed by atoms with Crippen LogP contribution in [0.2, 0.25) is 0 Å². The minimum atomic E-state index is 0.209. The zero-order valence-electron chi connectivity index (χ0n) is 10.1. The highest BCUT2D eigenvalue weighted by Crippen LogP contribution is 2.18. The Bertz CT molecular complexity index is 545. The number of carbonyl (C=O) groups excluding carboxylic acids is 1. The molecular formula is C14H16N2OS. The molecule has 0 saturated carbocycles. The molecule has 0 spiro atoms. The Balaban J connectivity index is 1.68. The first-order chi connectivity index (χ1) is 8.72. The number of nitrogens with one attached hydrogen (secondary N) is 1. The summed E-state index contributed by atoms with van der Waals surface area (Å²) in [6.45, 7) is 1.56. The van der Waals surface area contributed by atoms with Crippen LogP contribution < -0.4 is 0 Å². The van der Waals surface area contributed by atoms with Crippen LogP contribution in [0, 0.1) is 0 Å². The summed E-state index contributed by atoms with van der Waals surface area (Å²) in [5.41, 5.74) is 2.35. The van der Waals surface area contributed by atoms with Gasteiger partial charge in [-0.05, 0) is 17.5 Å². The first kappa shape index (κ1) is 11.7. The molecule has 1 fully saturated rings. The van der Waals surface area contributed by atoms with Crippen LogP contribution >= 0.6 is 12.6 Å². The van der Waals surface area contributed by atoms with Gasteiger partial charge in [0.15, 0.2) is 0 Å². The van der Waals surface area contributed by atoms with Crippen molar-refractivity contribution in [3.8, 4) is 0 Å². The molecule has 4 heteroatoms. The van der Waals surface area contributed by atoms with E-state index in [9.17, 15) is 4.79 Å². The topological polar surface area (TPSA) is 36.1 Å². The maximum Gasteiger partial charge on any atom is 0.223 e. The average Bonchev–Trinajstić information content (AvgIpc) is 2.89. The number of hydrogen-bond donors (Lipinski definition) is 2. The minimum Gasteiger partial charge on any atom is -0.358 e. The third-order valence-corrected chi connectivity index (χ3v) is 3.78. The van der Waals surface area contributed by atoms with E-state index in [0.717, 1.165) is 25.0 Å². The molecule has 1 N–H and O–H groups in total. The molecule has 1 aromatic carbocycles. The summed E-state index contributed by atoms with van der Waals surface area (Å²) in [5, 5.41) is 1.44. The van der Waals surface area contributed by atoms with Gasteiger partial charge in [-0.2, -0.15) is 12.6 Å². The van der Waals surface area contributed by atoms with Gasteiger partial charge in [0.1, 0.15) is 0 Å². The number of likely N-dealkylation sites (tertiary alicyclic amines) is 1. The van der Waals surface area contributed by atoms with Crippen LogP contribution in [-0.2, 0) is 11.2 Å². The van der Waals surface area contributed by atoms with Gasteiger partial charge in [0.25, 0.3) is 0 Å². The maximum absolute atomic E-state index is 11.6. The predicted octanol–water partition coefficient (Wildman–Crippen LogP) is 2.24. The number of nitrogens with zero attached hydrogens (tertiary/aromatic N) is 1. The predicted molar refractivity (Wildman–Crippen MR) is 76.0 cm³/mol. The quantitative estimate of drug-likeness (QED) is 0.816. The second-order valence-electron chi connectivity index (χ2n) is 4.83. The van der Waals surface area contributed by atoms with Gasteiger partial charge in [0, 0.05) is 42.4 Å². The summed E-state index contributed by atoms with van der Waals surface area (Å²) in [6.07, 6.45) is 1.46. The SMILES string of the molecule is O=C1CC(S)CN1CCc1cc2ccccc2[nH]1. The molecule has 94 valence electrons. The van der Waals surface area contributed by atoms with Crippen LogP contribution in [0.5, 0.6) is 0 Å². The molecule has 2 heterocycles. The van der Waals surface area contributed by atoms with Crippen LogP contribution in [0.25, 0.3) is 10.9 Å². The monoisotopic (exact) mass is 260 g/mol. The van der Waals surface area contributed by atoms with E-state index in [-0.39, 0.29) is 11.2 Å². The van der Waals surface area contributed by atoms with Crippen molar-refractivity contribution in [1.82, 2.24) is 9.88 Å². The van der Waals surface area contributed by atoms with E-state index in [2.05, 4.69) is 35.8 Å². The average molecular weight is 260 g/mol. The molecule has 3 rings (SSSR count). The van der Waals surface area contributed by atoms with Crippen molar-refractivity contribution >= 4 is 29.4 Å². The molecule has 1 aromatic heterocycles. The number of H-pyrrole nitrogens is 1. The lowest BCUT2D eigenvalue weighted by atomic mass is 10.2. The smallest absolute Gasteiger partial charge is 0.223 e. The lowest BCUT2D eigenvalue weighted by Crippen LogP contribution is -2.27. The van der Waals surface area contributed by atoms with Crippen LogP contribution in [0.1, 0.15) is 12.1 Å². The second kappa shape index (κ2) is 4.69. The van der Waals surface area contributed by atoms with Crippen molar-refractivity contribution in [1.29, 1.82) is 0 Å². The van der Waals surface area contributed by atoms with E-state index < -0.39 is 0 Å². The molecule has 1 amide bonds. The lowest BCUT2D eigenvalue weighted by molar-refractivity contribution is -0.127. The van der Waals surface area contributed by atoms with E-state index in [1.807, 2.05) is 17.0 Å². The number of benzene rings is 1. The van der Waals surface area contributed by atoms with Gasteiger partial charge >= 0.3 is 0 Å². The third kappa shape index (κ3) is 2.25. The zero-order chi connectivity index (χ0) is 12.5. The normalized spacial score (nSPS) is 19.9. The van der Waals surface area contributed by atoms with E-state index in [1.54, 1.807) is 0 Å². The first-order valence-electron chi connectivity index (χ1n) is 6.25. The molecule has 0 aliphatic carbocycles. The lowest BCUT2D eigenvalue weighted by Gasteiger charge is -2.14. The molecule has 18 heavy (non-hydrogen) atoms. The number of para-hydroxylation sites is 1. The van der Waals surface area contributed by atoms with Crippen molar-refractivity contribution < 1.29 is 4.79 Å². The Kier molecular flexibility index (Phi) is 3.04. The molecule has 1 atom stereocenters. The van der Waals surface area contributed by atoms with Crippen molar-refractivity contribution in [3.05, 3.63) is 36.0 Å². The van der Waals surface area contributed by atoms with Crippen LogP contribution in [0.4, 0.5) is 0 Å². The Morgan fingerprint density at radius 3 is 2.94 bits per heavy atom. The molecule has 3 nitrogen and oxygen atoms in total. The van der Waals surface area contributed by atoms with Gasteiger partial charge in [-0.25, -0.2) is 0 Å². The van der Waals surface area contributed by atoms with Gasteiger partial charge in [-0.3, -0.25) is 4.79 Å². The van der Waals surface area contributed by atoms with Crippen molar-refractivity contribution in [2.75, 3.05) is 13.1 Å². The molecular weight excluding hydrogens is 244 g/mol. The standard InChI is InChI=1S/C14H16N2OS/c17-14-8-12(18)9-16(14)6-5-11-7-10-3-1-2-4-13(10)15-11/h1-4,7,12,15,18H,5-6,8-9H2. The number of rotatable bonds is 3. The summed E-state index contributed by atoms with van der Waals surface area (Å²) in [4.78, 5) is 16.9. The molecule has 1 aliphatic rings. The number of carbonyl (C=O) groups is 1. The molecule has 0 radical (unpaired) electrons. The summed E-state index contributed by atoms with van der Waals surface area (Å²) in [6, 6.07) is 10.4. The van der Waals surface area contributed by atoms with Crippen molar-refractivity contribution in [3.63, 3.8) is 0 Å². The van der Waals surface area contributed by atoms with Gasteiger partial charge in [0.05, 0.1) is 0 Å². The Hall–Kier alpha value is -1.42.